The molecular formula is C12H13ClO3. The molecule has 1 fully saturated rings. The van der Waals surface area contributed by atoms with E-state index in [-0.39, 0.29) is 11.8 Å². The molecule has 86 valence electrons. The van der Waals surface area contributed by atoms with Crippen molar-refractivity contribution in [2.45, 2.75) is 19.3 Å². The lowest BCUT2D eigenvalue weighted by molar-refractivity contribution is -0.138. The number of carboxylic acids is 1. The van der Waals surface area contributed by atoms with Crippen molar-refractivity contribution in [2.24, 2.45) is 5.92 Å². The molecule has 0 aliphatic heterocycles. The Morgan fingerprint density at radius 2 is 2.25 bits per heavy atom. The zero-order valence-electron chi connectivity index (χ0n) is 9.16. The third-order valence-corrected chi connectivity index (χ3v) is 3.34. The van der Waals surface area contributed by atoms with E-state index in [2.05, 4.69) is 0 Å². The Labute approximate surface area is 99.0 Å². The van der Waals surface area contributed by atoms with E-state index in [0.29, 0.717) is 17.2 Å². The lowest BCUT2D eigenvalue weighted by Crippen LogP contribution is -2.00. The number of methoxy groups -OCH3 is 1. The molecule has 1 N–H and O–H groups in total. The zero-order valence-corrected chi connectivity index (χ0v) is 9.91. The predicted molar refractivity (Wildman–Crippen MR) is 61.2 cm³/mol. The quantitative estimate of drug-likeness (QED) is 0.884. The molecule has 0 spiro atoms. The number of aliphatic carboxylic acids is 1. The van der Waals surface area contributed by atoms with E-state index in [1.165, 1.54) is 0 Å². The fourth-order valence-electron chi connectivity index (χ4n) is 2.04. The normalized spacial score (nSPS) is 22.9. The van der Waals surface area contributed by atoms with Crippen molar-refractivity contribution in [1.82, 2.24) is 0 Å². The highest BCUT2D eigenvalue weighted by molar-refractivity contribution is 6.32. The molecule has 2 unspecified atom stereocenters. The van der Waals surface area contributed by atoms with E-state index in [1.807, 2.05) is 19.1 Å². The molecule has 0 radical (unpaired) electrons. The van der Waals surface area contributed by atoms with Crippen LogP contribution in [0.4, 0.5) is 0 Å². The maximum atomic E-state index is 10.8. The van der Waals surface area contributed by atoms with Gasteiger partial charge in [0, 0.05) is 0 Å². The van der Waals surface area contributed by atoms with Crippen LogP contribution in [0.1, 0.15) is 23.5 Å². The number of aryl methyl sites for hydroxylation is 1. The third kappa shape index (κ3) is 1.87. The molecule has 1 aromatic carbocycles. The topological polar surface area (TPSA) is 46.5 Å². The van der Waals surface area contributed by atoms with Crippen LogP contribution in [0.3, 0.4) is 0 Å². The van der Waals surface area contributed by atoms with Crippen molar-refractivity contribution in [3.63, 3.8) is 0 Å². The first-order valence-electron chi connectivity index (χ1n) is 5.11. The Kier molecular flexibility index (Phi) is 2.80. The zero-order chi connectivity index (χ0) is 11.9. The number of hydrogen-bond acceptors (Lipinski definition) is 2. The Morgan fingerprint density at radius 1 is 1.56 bits per heavy atom. The highest BCUT2D eigenvalue weighted by atomic mass is 35.5. The van der Waals surface area contributed by atoms with Crippen LogP contribution < -0.4 is 4.74 Å². The minimum atomic E-state index is -0.726. The largest absolute Gasteiger partial charge is 0.495 e. The van der Waals surface area contributed by atoms with E-state index in [9.17, 15) is 4.79 Å². The molecule has 1 aliphatic carbocycles. The lowest BCUT2D eigenvalue weighted by Gasteiger charge is -2.09. The van der Waals surface area contributed by atoms with Crippen LogP contribution >= 0.6 is 11.6 Å². The van der Waals surface area contributed by atoms with Gasteiger partial charge in [-0.15, -0.1) is 0 Å². The van der Waals surface area contributed by atoms with Gasteiger partial charge in [-0.1, -0.05) is 11.6 Å². The lowest BCUT2D eigenvalue weighted by atomic mass is 10.0. The van der Waals surface area contributed by atoms with Crippen LogP contribution in [0.5, 0.6) is 5.75 Å². The molecule has 3 nitrogen and oxygen atoms in total. The van der Waals surface area contributed by atoms with Crippen molar-refractivity contribution >= 4 is 17.6 Å². The van der Waals surface area contributed by atoms with Gasteiger partial charge in [0.15, 0.2) is 0 Å². The summed E-state index contributed by atoms with van der Waals surface area (Å²) in [6, 6.07) is 3.68. The van der Waals surface area contributed by atoms with Gasteiger partial charge in [-0.25, -0.2) is 0 Å². The van der Waals surface area contributed by atoms with Gasteiger partial charge in [0.05, 0.1) is 18.1 Å². The molecule has 0 heterocycles. The molecule has 0 saturated heterocycles. The molecule has 2 atom stereocenters. The predicted octanol–water partition coefficient (Wildman–Crippen LogP) is 2.85. The van der Waals surface area contributed by atoms with Crippen LogP contribution in [0.2, 0.25) is 5.02 Å². The van der Waals surface area contributed by atoms with E-state index in [1.54, 1.807) is 7.11 Å². The summed E-state index contributed by atoms with van der Waals surface area (Å²) < 4.78 is 5.11. The van der Waals surface area contributed by atoms with Crippen molar-refractivity contribution in [3.8, 4) is 5.75 Å². The second-order valence-electron chi connectivity index (χ2n) is 4.13. The molecule has 16 heavy (non-hydrogen) atoms. The molecule has 1 aromatic rings. The molecule has 0 amide bonds. The molecule has 0 aromatic heterocycles. The van der Waals surface area contributed by atoms with Gasteiger partial charge in [0.25, 0.3) is 0 Å². The summed E-state index contributed by atoms with van der Waals surface area (Å²) in [5, 5.41) is 9.43. The second-order valence-corrected chi connectivity index (χ2v) is 4.54. The van der Waals surface area contributed by atoms with Crippen LogP contribution in [0.15, 0.2) is 12.1 Å². The van der Waals surface area contributed by atoms with E-state index < -0.39 is 5.97 Å². The van der Waals surface area contributed by atoms with Crippen LogP contribution in [-0.4, -0.2) is 18.2 Å². The van der Waals surface area contributed by atoms with Gasteiger partial charge in [0.2, 0.25) is 0 Å². The van der Waals surface area contributed by atoms with E-state index in [0.717, 1.165) is 11.1 Å². The number of halogens is 1. The van der Waals surface area contributed by atoms with Crippen molar-refractivity contribution in [1.29, 1.82) is 0 Å². The Hall–Kier alpha value is -1.22. The Morgan fingerprint density at radius 3 is 2.75 bits per heavy atom. The number of ether oxygens (including phenoxy) is 1. The van der Waals surface area contributed by atoms with Crippen LogP contribution in [0.25, 0.3) is 0 Å². The molecular weight excluding hydrogens is 228 g/mol. The van der Waals surface area contributed by atoms with Gasteiger partial charge in [-0.05, 0) is 42.5 Å². The second kappa shape index (κ2) is 3.98. The van der Waals surface area contributed by atoms with Crippen molar-refractivity contribution in [3.05, 3.63) is 28.3 Å². The highest BCUT2D eigenvalue weighted by Crippen LogP contribution is 2.49. The number of hydrogen-bond donors (Lipinski definition) is 1. The average Bonchev–Trinajstić information content (AvgIpc) is 3.00. The molecule has 4 heteroatoms. The first-order chi connectivity index (χ1) is 7.54. The summed E-state index contributed by atoms with van der Waals surface area (Å²) in [5.74, 6) is -0.226. The van der Waals surface area contributed by atoms with Crippen LogP contribution in [0, 0.1) is 12.8 Å². The first kappa shape index (κ1) is 11.3. The molecule has 1 aliphatic rings. The SMILES string of the molecule is COc1cc(C)c(C2CC2C(=O)O)cc1Cl. The summed E-state index contributed by atoms with van der Waals surface area (Å²) in [7, 11) is 1.57. The number of rotatable bonds is 3. The van der Waals surface area contributed by atoms with Crippen molar-refractivity contribution < 1.29 is 14.6 Å². The third-order valence-electron chi connectivity index (χ3n) is 3.05. The average molecular weight is 241 g/mol. The minimum absolute atomic E-state index is 0.112. The summed E-state index contributed by atoms with van der Waals surface area (Å²) >= 11 is 6.03. The van der Waals surface area contributed by atoms with Crippen molar-refractivity contribution in [2.75, 3.05) is 7.11 Å². The maximum absolute atomic E-state index is 10.8. The van der Waals surface area contributed by atoms with E-state index in [4.69, 9.17) is 21.4 Å². The maximum Gasteiger partial charge on any atom is 0.307 e. The smallest absolute Gasteiger partial charge is 0.307 e. The summed E-state index contributed by atoms with van der Waals surface area (Å²) in [6.45, 7) is 1.95. The molecule has 0 bridgehead atoms. The monoisotopic (exact) mass is 240 g/mol. The number of carboxylic acid groups (broad SMARTS) is 1. The Balaban J connectivity index is 2.30. The van der Waals surface area contributed by atoms with Crippen LogP contribution in [-0.2, 0) is 4.79 Å². The fraction of sp³-hybridized carbons (Fsp3) is 0.417. The summed E-state index contributed by atoms with van der Waals surface area (Å²) in [5.41, 5.74) is 2.06. The number of carbonyl (C=O) groups is 1. The summed E-state index contributed by atoms with van der Waals surface area (Å²) in [4.78, 5) is 10.8. The first-order valence-corrected chi connectivity index (χ1v) is 5.49. The van der Waals surface area contributed by atoms with Gasteiger partial charge in [0.1, 0.15) is 5.75 Å². The molecule has 2 rings (SSSR count). The van der Waals surface area contributed by atoms with Gasteiger partial charge in [-0.2, -0.15) is 0 Å². The standard InChI is InChI=1S/C12H13ClO3/c1-6-3-11(16-2)10(13)5-7(6)8-4-9(8)12(14)15/h3,5,8-9H,4H2,1-2H3,(H,14,15). The Bertz CT molecular complexity index is 442. The highest BCUT2D eigenvalue weighted by Gasteiger charge is 2.44. The van der Waals surface area contributed by atoms with E-state index >= 15 is 0 Å². The van der Waals surface area contributed by atoms with Gasteiger partial charge < -0.3 is 9.84 Å². The number of benzene rings is 1. The minimum Gasteiger partial charge on any atom is -0.495 e. The van der Waals surface area contributed by atoms with Gasteiger partial charge >= 0.3 is 5.97 Å². The molecule has 1 saturated carbocycles. The van der Waals surface area contributed by atoms with Gasteiger partial charge in [-0.3, -0.25) is 4.79 Å². The fourth-order valence-corrected chi connectivity index (χ4v) is 2.29. The summed E-state index contributed by atoms with van der Waals surface area (Å²) in [6.07, 6.45) is 0.707.